The molecule has 0 atom stereocenters. The van der Waals surface area contributed by atoms with Crippen LogP contribution in [0.25, 0.3) is 10.1 Å². The molecule has 1 aromatic carbocycles. The zero-order valence-corrected chi connectivity index (χ0v) is 10.2. The molecule has 2 nitrogen and oxygen atoms in total. The second kappa shape index (κ2) is 4.07. The maximum atomic E-state index is 13.1. The number of hydrogen-bond donors (Lipinski definition) is 1. The lowest BCUT2D eigenvalue weighted by Gasteiger charge is -2.09. The van der Waals surface area contributed by atoms with Crippen molar-refractivity contribution in [3.63, 3.8) is 0 Å². The SMILES string of the molecule is CNC(=O)c1cc2cc(C(C)(F)F)ccc2s1. The van der Waals surface area contributed by atoms with Crippen LogP contribution >= 0.6 is 11.3 Å². The van der Waals surface area contributed by atoms with Crippen molar-refractivity contribution in [3.8, 4) is 0 Å². The number of carbonyl (C=O) groups excluding carboxylic acids is 1. The van der Waals surface area contributed by atoms with E-state index in [2.05, 4.69) is 5.32 Å². The van der Waals surface area contributed by atoms with Gasteiger partial charge in [0.15, 0.2) is 0 Å². The van der Waals surface area contributed by atoms with Gasteiger partial charge >= 0.3 is 0 Å². The molecule has 0 aliphatic carbocycles. The third kappa shape index (κ3) is 2.29. The highest BCUT2D eigenvalue weighted by molar-refractivity contribution is 7.20. The molecule has 1 aromatic heterocycles. The molecule has 0 radical (unpaired) electrons. The Morgan fingerprint density at radius 1 is 1.35 bits per heavy atom. The predicted octanol–water partition coefficient (Wildman–Crippen LogP) is 3.37. The number of nitrogens with one attached hydrogen (secondary N) is 1. The zero-order chi connectivity index (χ0) is 12.6. The Balaban J connectivity index is 2.52. The first-order valence-electron chi connectivity index (χ1n) is 5.06. The molecule has 1 amide bonds. The summed E-state index contributed by atoms with van der Waals surface area (Å²) < 4.78 is 27.1. The Morgan fingerprint density at radius 2 is 2.06 bits per heavy atom. The smallest absolute Gasteiger partial charge is 0.270 e. The van der Waals surface area contributed by atoms with E-state index < -0.39 is 5.92 Å². The van der Waals surface area contributed by atoms with Gasteiger partial charge in [-0.1, -0.05) is 6.07 Å². The number of amides is 1. The van der Waals surface area contributed by atoms with E-state index in [0.717, 1.165) is 11.6 Å². The van der Waals surface area contributed by atoms with Gasteiger partial charge in [-0.05, 0) is 23.6 Å². The molecule has 0 saturated heterocycles. The second-order valence-electron chi connectivity index (χ2n) is 3.83. The molecule has 5 heteroatoms. The second-order valence-corrected chi connectivity index (χ2v) is 4.91. The minimum absolute atomic E-state index is 0.0359. The van der Waals surface area contributed by atoms with Gasteiger partial charge in [0, 0.05) is 24.2 Å². The first-order chi connectivity index (χ1) is 7.91. The number of thiophene rings is 1. The van der Waals surface area contributed by atoms with Gasteiger partial charge in [-0.3, -0.25) is 4.79 Å². The third-order valence-electron chi connectivity index (χ3n) is 2.47. The zero-order valence-electron chi connectivity index (χ0n) is 9.38. The van der Waals surface area contributed by atoms with Crippen LogP contribution in [0.4, 0.5) is 8.78 Å². The van der Waals surface area contributed by atoms with E-state index in [1.165, 1.54) is 23.5 Å². The summed E-state index contributed by atoms with van der Waals surface area (Å²) in [4.78, 5) is 11.9. The van der Waals surface area contributed by atoms with Crippen LogP contribution in [0.3, 0.4) is 0 Å². The Kier molecular flexibility index (Phi) is 2.87. The van der Waals surface area contributed by atoms with E-state index in [4.69, 9.17) is 0 Å². The van der Waals surface area contributed by atoms with Crippen LogP contribution in [0.15, 0.2) is 24.3 Å². The van der Waals surface area contributed by atoms with Crippen molar-refractivity contribution < 1.29 is 13.6 Å². The first kappa shape index (κ1) is 12.0. The number of carbonyl (C=O) groups is 1. The van der Waals surface area contributed by atoms with Gasteiger partial charge in [0.25, 0.3) is 11.8 Å². The highest BCUT2D eigenvalue weighted by Crippen LogP contribution is 2.32. The normalized spacial score (nSPS) is 11.8. The van der Waals surface area contributed by atoms with E-state index in [1.54, 1.807) is 19.2 Å². The van der Waals surface area contributed by atoms with Crippen LogP contribution < -0.4 is 5.32 Å². The fourth-order valence-corrected chi connectivity index (χ4v) is 2.54. The number of hydrogen-bond acceptors (Lipinski definition) is 2. The van der Waals surface area contributed by atoms with Gasteiger partial charge in [0.05, 0.1) is 4.88 Å². The third-order valence-corrected chi connectivity index (χ3v) is 3.59. The first-order valence-corrected chi connectivity index (χ1v) is 5.87. The molecule has 0 spiro atoms. The molecule has 0 saturated carbocycles. The van der Waals surface area contributed by atoms with E-state index >= 15 is 0 Å². The van der Waals surface area contributed by atoms with Crippen LogP contribution in [0.5, 0.6) is 0 Å². The van der Waals surface area contributed by atoms with E-state index in [0.29, 0.717) is 10.3 Å². The molecule has 1 N–H and O–H groups in total. The molecule has 2 aromatic rings. The molecular weight excluding hydrogens is 244 g/mol. The molecule has 0 aliphatic rings. The summed E-state index contributed by atoms with van der Waals surface area (Å²) in [5.74, 6) is -3.06. The van der Waals surface area contributed by atoms with Crippen molar-refractivity contribution in [2.75, 3.05) is 7.05 Å². The summed E-state index contributed by atoms with van der Waals surface area (Å²) in [7, 11) is 1.54. The van der Waals surface area contributed by atoms with Crippen molar-refractivity contribution in [1.82, 2.24) is 5.32 Å². The minimum Gasteiger partial charge on any atom is -0.354 e. The van der Waals surface area contributed by atoms with E-state index in [9.17, 15) is 13.6 Å². The van der Waals surface area contributed by atoms with Crippen LogP contribution in [-0.2, 0) is 5.92 Å². The molecule has 0 fully saturated rings. The van der Waals surface area contributed by atoms with Crippen LogP contribution in [-0.4, -0.2) is 13.0 Å². The monoisotopic (exact) mass is 255 g/mol. The van der Waals surface area contributed by atoms with Crippen molar-refractivity contribution in [2.24, 2.45) is 0 Å². The van der Waals surface area contributed by atoms with Gasteiger partial charge in [0.1, 0.15) is 0 Å². The number of halogens is 2. The lowest BCUT2D eigenvalue weighted by molar-refractivity contribution is 0.0176. The number of alkyl halides is 2. The van der Waals surface area contributed by atoms with Crippen molar-refractivity contribution in [2.45, 2.75) is 12.8 Å². The Labute approximate surface area is 101 Å². The van der Waals surface area contributed by atoms with Crippen LogP contribution in [0.1, 0.15) is 22.2 Å². The molecule has 90 valence electrons. The quantitative estimate of drug-likeness (QED) is 0.875. The van der Waals surface area contributed by atoms with Gasteiger partial charge in [-0.2, -0.15) is 0 Å². The number of rotatable bonds is 2. The van der Waals surface area contributed by atoms with Gasteiger partial charge < -0.3 is 5.32 Å². The molecular formula is C12H11F2NOS. The average molecular weight is 255 g/mol. The maximum absolute atomic E-state index is 13.1. The molecule has 17 heavy (non-hydrogen) atoms. The van der Waals surface area contributed by atoms with Crippen molar-refractivity contribution in [1.29, 1.82) is 0 Å². The molecule has 0 bridgehead atoms. The van der Waals surface area contributed by atoms with Crippen molar-refractivity contribution >= 4 is 27.3 Å². The summed E-state index contributed by atoms with van der Waals surface area (Å²) in [5, 5.41) is 3.18. The summed E-state index contributed by atoms with van der Waals surface area (Å²) in [6, 6.07) is 6.08. The number of fused-ring (bicyclic) bond motifs is 1. The highest BCUT2D eigenvalue weighted by Gasteiger charge is 2.24. The van der Waals surface area contributed by atoms with E-state index in [1.807, 2.05) is 0 Å². The topological polar surface area (TPSA) is 29.1 Å². The van der Waals surface area contributed by atoms with E-state index in [-0.39, 0.29) is 11.5 Å². The van der Waals surface area contributed by atoms with Gasteiger partial charge in [0.2, 0.25) is 0 Å². The Bertz CT molecular complexity index is 571. The summed E-state index contributed by atoms with van der Waals surface area (Å²) in [6.45, 7) is 0.861. The Hall–Kier alpha value is -1.49. The lowest BCUT2D eigenvalue weighted by atomic mass is 10.1. The summed E-state index contributed by atoms with van der Waals surface area (Å²) in [6.07, 6.45) is 0. The fraction of sp³-hybridized carbons (Fsp3) is 0.250. The summed E-state index contributed by atoms with van der Waals surface area (Å²) >= 11 is 1.29. The highest BCUT2D eigenvalue weighted by atomic mass is 32.1. The number of benzene rings is 1. The predicted molar refractivity (Wildman–Crippen MR) is 64.8 cm³/mol. The molecule has 0 unspecified atom stereocenters. The average Bonchev–Trinajstić information content (AvgIpc) is 2.69. The Morgan fingerprint density at radius 3 is 2.65 bits per heavy atom. The maximum Gasteiger partial charge on any atom is 0.270 e. The van der Waals surface area contributed by atoms with Crippen LogP contribution in [0.2, 0.25) is 0 Å². The van der Waals surface area contributed by atoms with Crippen LogP contribution in [0, 0.1) is 0 Å². The fourth-order valence-electron chi connectivity index (χ4n) is 1.55. The largest absolute Gasteiger partial charge is 0.354 e. The van der Waals surface area contributed by atoms with Gasteiger partial charge in [-0.25, -0.2) is 8.78 Å². The standard InChI is InChI=1S/C12H11F2NOS/c1-12(13,14)8-3-4-9-7(5-8)6-10(17-9)11(16)15-2/h3-6H,1-2H3,(H,15,16). The van der Waals surface area contributed by atoms with Gasteiger partial charge in [-0.15, -0.1) is 11.3 Å². The minimum atomic E-state index is -2.86. The lowest BCUT2D eigenvalue weighted by Crippen LogP contribution is -2.15. The van der Waals surface area contributed by atoms with Crippen molar-refractivity contribution in [3.05, 3.63) is 34.7 Å². The molecule has 0 aliphatic heterocycles. The molecule has 2 rings (SSSR count). The molecule has 1 heterocycles. The summed E-state index contributed by atoms with van der Waals surface area (Å²) in [5.41, 5.74) is -0.0359.